The van der Waals surface area contributed by atoms with Gasteiger partial charge < -0.3 is 5.73 Å². The first kappa shape index (κ1) is 16.2. The summed E-state index contributed by atoms with van der Waals surface area (Å²) in [5, 5.41) is 1.24. The molecule has 0 aliphatic carbocycles. The molecule has 1 heterocycles. The van der Waals surface area contributed by atoms with Crippen molar-refractivity contribution in [1.82, 2.24) is 9.71 Å². The molecule has 0 bridgehead atoms. The van der Waals surface area contributed by atoms with Crippen molar-refractivity contribution in [3.05, 3.63) is 38.8 Å². The van der Waals surface area contributed by atoms with Crippen molar-refractivity contribution >= 4 is 38.6 Å². The number of sulfonamides is 1. The number of hydrogen-bond donors (Lipinski definition) is 2. The van der Waals surface area contributed by atoms with E-state index in [1.54, 1.807) is 6.92 Å². The number of hydrogen-bond acceptors (Lipinski definition) is 5. The maximum Gasteiger partial charge on any atom is 0.241 e. The Morgan fingerprint density at radius 1 is 1.38 bits per heavy atom. The Morgan fingerprint density at radius 3 is 2.57 bits per heavy atom. The van der Waals surface area contributed by atoms with Crippen LogP contribution in [0.25, 0.3) is 0 Å². The number of nitrogens with one attached hydrogen (secondary N) is 1. The highest BCUT2D eigenvalue weighted by Crippen LogP contribution is 2.27. The van der Waals surface area contributed by atoms with E-state index < -0.39 is 10.0 Å². The van der Waals surface area contributed by atoms with Gasteiger partial charge in [-0.15, -0.1) is 11.3 Å². The lowest BCUT2D eigenvalue weighted by Gasteiger charge is -2.14. The maximum absolute atomic E-state index is 12.4. The molecule has 0 spiro atoms. The summed E-state index contributed by atoms with van der Waals surface area (Å²) in [6.45, 7) is 5.54. The number of halogens is 1. The molecule has 8 heteroatoms. The minimum atomic E-state index is -3.66. The molecule has 21 heavy (non-hydrogen) atoms. The van der Waals surface area contributed by atoms with Crippen LogP contribution in [0.1, 0.15) is 28.5 Å². The van der Waals surface area contributed by atoms with E-state index in [9.17, 15) is 8.42 Å². The van der Waals surface area contributed by atoms with Gasteiger partial charge in [-0.2, -0.15) is 0 Å². The number of nitrogens with two attached hydrogens (primary N) is 1. The van der Waals surface area contributed by atoms with Crippen molar-refractivity contribution in [2.45, 2.75) is 31.7 Å². The molecule has 5 nitrogen and oxygen atoms in total. The molecule has 0 saturated carbocycles. The highest BCUT2D eigenvalue weighted by atomic mass is 35.5. The van der Waals surface area contributed by atoms with Crippen LogP contribution in [0.5, 0.6) is 0 Å². The molecular weight excluding hydrogens is 330 g/mol. The first-order valence-electron chi connectivity index (χ1n) is 6.22. The molecule has 114 valence electrons. The quantitative estimate of drug-likeness (QED) is 0.834. The van der Waals surface area contributed by atoms with E-state index in [1.807, 2.05) is 13.8 Å². The van der Waals surface area contributed by atoms with Crippen LogP contribution in [-0.2, 0) is 10.0 Å². The van der Waals surface area contributed by atoms with E-state index in [-0.39, 0.29) is 16.6 Å². The highest BCUT2D eigenvalue weighted by molar-refractivity contribution is 7.89. The normalized spacial score (nSPS) is 13.3. The third-order valence-corrected chi connectivity index (χ3v) is 6.08. The Kier molecular flexibility index (Phi) is 4.57. The fourth-order valence-electron chi connectivity index (χ4n) is 1.99. The van der Waals surface area contributed by atoms with Gasteiger partial charge in [-0.25, -0.2) is 18.1 Å². The largest absolute Gasteiger partial charge is 0.397 e. The van der Waals surface area contributed by atoms with Crippen LogP contribution >= 0.6 is 22.9 Å². The Morgan fingerprint density at radius 2 is 2.05 bits per heavy atom. The molecule has 0 fully saturated rings. The summed E-state index contributed by atoms with van der Waals surface area (Å²) >= 11 is 7.29. The molecule has 2 aromatic rings. The number of aryl methyl sites for hydroxylation is 2. The van der Waals surface area contributed by atoms with Crippen LogP contribution in [0.3, 0.4) is 0 Å². The molecule has 0 aliphatic heterocycles. The molecule has 1 aromatic heterocycles. The lowest BCUT2D eigenvalue weighted by atomic mass is 10.2. The number of rotatable bonds is 4. The van der Waals surface area contributed by atoms with Crippen LogP contribution in [0.2, 0.25) is 5.02 Å². The number of aromatic nitrogens is 1. The summed E-state index contributed by atoms with van der Waals surface area (Å²) in [6.07, 6.45) is 0. The number of nitrogens with zero attached hydrogens (tertiary/aromatic N) is 1. The van der Waals surface area contributed by atoms with Gasteiger partial charge in [-0.3, -0.25) is 0 Å². The second-order valence-corrected chi connectivity index (χ2v) is 8.06. The Bertz CT molecular complexity index is 772. The van der Waals surface area contributed by atoms with Crippen molar-refractivity contribution in [3.63, 3.8) is 0 Å². The van der Waals surface area contributed by atoms with E-state index in [2.05, 4.69) is 9.71 Å². The van der Waals surface area contributed by atoms with Gasteiger partial charge in [-0.05, 0) is 39.0 Å². The van der Waals surface area contributed by atoms with E-state index >= 15 is 0 Å². The van der Waals surface area contributed by atoms with E-state index in [1.165, 1.54) is 29.5 Å². The maximum atomic E-state index is 12.4. The average Bonchev–Trinajstić information content (AvgIpc) is 2.71. The van der Waals surface area contributed by atoms with Gasteiger partial charge in [0.1, 0.15) is 0 Å². The van der Waals surface area contributed by atoms with Crippen LogP contribution in [-0.4, -0.2) is 13.4 Å². The minimum Gasteiger partial charge on any atom is -0.397 e. The predicted octanol–water partition coefficient (Wildman–Crippen LogP) is 3.04. The van der Waals surface area contributed by atoms with Crippen molar-refractivity contribution in [2.75, 3.05) is 5.73 Å². The van der Waals surface area contributed by atoms with E-state index in [0.717, 1.165) is 15.6 Å². The summed E-state index contributed by atoms with van der Waals surface area (Å²) in [7, 11) is -3.66. The first-order valence-corrected chi connectivity index (χ1v) is 8.90. The lowest BCUT2D eigenvalue weighted by Crippen LogP contribution is -2.26. The number of nitrogen functional groups attached to an aromatic ring is 1. The predicted molar refractivity (Wildman–Crippen MR) is 86.2 cm³/mol. The van der Waals surface area contributed by atoms with Gasteiger partial charge in [0, 0.05) is 4.88 Å². The van der Waals surface area contributed by atoms with Crippen molar-refractivity contribution < 1.29 is 8.42 Å². The topological polar surface area (TPSA) is 85.1 Å². The zero-order chi connectivity index (χ0) is 15.8. The Labute approximate surface area is 133 Å². The van der Waals surface area contributed by atoms with Gasteiger partial charge in [0.25, 0.3) is 0 Å². The number of anilines is 1. The minimum absolute atomic E-state index is 0.0927. The second-order valence-electron chi connectivity index (χ2n) is 4.71. The van der Waals surface area contributed by atoms with Crippen LogP contribution < -0.4 is 10.5 Å². The fraction of sp³-hybridized carbons (Fsp3) is 0.308. The number of benzene rings is 1. The van der Waals surface area contributed by atoms with Crippen LogP contribution in [0, 0.1) is 13.8 Å². The van der Waals surface area contributed by atoms with E-state index in [0.29, 0.717) is 5.02 Å². The molecule has 0 radical (unpaired) electrons. The third kappa shape index (κ3) is 3.55. The molecule has 1 atom stereocenters. The first-order chi connectivity index (χ1) is 9.70. The van der Waals surface area contributed by atoms with Gasteiger partial charge in [-0.1, -0.05) is 11.6 Å². The van der Waals surface area contributed by atoms with E-state index in [4.69, 9.17) is 17.3 Å². The Hall–Kier alpha value is -1.15. The van der Waals surface area contributed by atoms with Gasteiger partial charge >= 0.3 is 0 Å². The van der Waals surface area contributed by atoms with Crippen LogP contribution in [0.4, 0.5) is 5.69 Å². The molecule has 3 N–H and O–H groups in total. The summed E-state index contributed by atoms with van der Waals surface area (Å²) in [4.78, 5) is 5.30. The van der Waals surface area contributed by atoms with Crippen LogP contribution in [0.15, 0.2) is 23.1 Å². The molecule has 0 amide bonds. The molecule has 2 rings (SSSR count). The molecule has 1 unspecified atom stereocenters. The monoisotopic (exact) mass is 345 g/mol. The summed E-state index contributed by atoms with van der Waals surface area (Å²) in [5.41, 5.74) is 6.72. The van der Waals surface area contributed by atoms with Gasteiger partial charge in [0.15, 0.2) is 0 Å². The zero-order valence-corrected chi connectivity index (χ0v) is 14.2. The second kappa shape index (κ2) is 5.92. The third-order valence-electron chi connectivity index (χ3n) is 2.94. The lowest BCUT2D eigenvalue weighted by molar-refractivity contribution is 0.568. The SMILES string of the molecule is Cc1nc(C)c(C(C)NS(=O)(=O)c2ccc(Cl)c(N)c2)s1. The van der Waals surface area contributed by atoms with Crippen molar-refractivity contribution in [2.24, 2.45) is 0 Å². The van der Waals surface area contributed by atoms with Gasteiger partial charge in [0.2, 0.25) is 10.0 Å². The Balaban J connectivity index is 2.28. The van der Waals surface area contributed by atoms with Crippen molar-refractivity contribution in [3.8, 4) is 0 Å². The van der Waals surface area contributed by atoms with Gasteiger partial charge in [0.05, 0.1) is 32.3 Å². The molecular formula is C13H16ClN3O2S2. The molecule has 0 saturated heterocycles. The number of thiazole rings is 1. The van der Waals surface area contributed by atoms with Crippen molar-refractivity contribution in [1.29, 1.82) is 0 Å². The zero-order valence-electron chi connectivity index (χ0n) is 11.8. The molecule has 0 aliphatic rings. The summed E-state index contributed by atoms with van der Waals surface area (Å²) < 4.78 is 27.4. The summed E-state index contributed by atoms with van der Waals surface area (Å²) in [5.74, 6) is 0. The fourth-order valence-corrected chi connectivity index (χ4v) is 4.36. The highest BCUT2D eigenvalue weighted by Gasteiger charge is 2.21. The molecule has 1 aromatic carbocycles. The smallest absolute Gasteiger partial charge is 0.241 e. The average molecular weight is 346 g/mol. The summed E-state index contributed by atoms with van der Waals surface area (Å²) in [6, 6.07) is 3.89. The standard InChI is InChI=1S/C13H16ClN3O2S2/c1-7-13(20-9(3)16-7)8(2)17-21(18,19)10-4-5-11(14)12(15)6-10/h4-6,8,17H,15H2,1-3H3.